The van der Waals surface area contributed by atoms with Gasteiger partial charge in [-0.05, 0) is 42.9 Å². The molecule has 2 N–H and O–H groups in total. The van der Waals surface area contributed by atoms with E-state index in [1.807, 2.05) is 18.2 Å². The van der Waals surface area contributed by atoms with Crippen LogP contribution in [0.5, 0.6) is 0 Å². The van der Waals surface area contributed by atoms with Crippen LogP contribution in [0.25, 0.3) is 0 Å². The van der Waals surface area contributed by atoms with Gasteiger partial charge in [-0.25, -0.2) is 0 Å². The van der Waals surface area contributed by atoms with E-state index in [1.165, 1.54) is 19.3 Å². The lowest BCUT2D eigenvalue weighted by Crippen LogP contribution is -2.36. The SMILES string of the molecule is CC1CCCC(N)(c2ccc(Cl)c(Cl)c2)CC1. The van der Waals surface area contributed by atoms with E-state index in [-0.39, 0.29) is 5.54 Å². The molecule has 0 heterocycles. The van der Waals surface area contributed by atoms with Crippen molar-refractivity contribution < 1.29 is 0 Å². The molecular weight excluding hydrogens is 253 g/mol. The first kappa shape index (κ1) is 13.2. The predicted octanol–water partition coefficient (Wildman–Crippen LogP) is 4.75. The van der Waals surface area contributed by atoms with Crippen molar-refractivity contribution in [2.45, 2.75) is 44.6 Å². The van der Waals surface area contributed by atoms with Crippen molar-refractivity contribution in [3.05, 3.63) is 33.8 Å². The molecule has 1 aromatic rings. The normalized spacial score (nSPS) is 30.0. The molecule has 1 fully saturated rings. The van der Waals surface area contributed by atoms with Crippen LogP contribution in [-0.2, 0) is 5.54 Å². The van der Waals surface area contributed by atoms with Gasteiger partial charge >= 0.3 is 0 Å². The zero-order chi connectivity index (χ0) is 12.5. The second-order valence-electron chi connectivity index (χ2n) is 5.32. The average molecular weight is 272 g/mol. The molecular formula is C14H19Cl2N. The largest absolute Gasteiger partial charge is 0.321 e. The van der Waals surface area contributed by atoms with Crippen LogP contribution in [-0.4, -0.2) is 0 Å². The van der Waals surface area contributed by atoms with Gasteiger partial charge in [0.25, 0.3) is 0 Å². The fraction of sp³-hybridized carbons (Fsp3) is 0.571. The Morgan fingerprint density at radius 1 is 1.18 bits per heavy atom. The Morgan fingerprint density at radius 2 is 1.94 bits per heavy atom. The molecule has 1 aromatic carbocycles. The first-order valence-corrected chi connectivity index (χ1v) is 7.01. The monoisotopic (exact) mass is 271 g/mol. The lowest BCUT2D eigenvalue weighted by molar-refractivity contribution is 0.378. The highest BCUT2D eigenvalue weighted by Crippen LogP contribution is 2.37. The molecule has 2 unspecified atom stereocenters. The van der Waals surface area contributed by atoms with Crippen LogP contribution in [0.1, 0.15) is 44.6 Å². The Bertz CT molecular complexity index is 405. The van der Waals surface area contributed by atoms with E-state index in [4.69, 9.17) is 28.9 Å². The third kappa shape index (κ3) is 2.96. The third-order valence-corrected chi connectivity index (χ3v) is 4.64. The molecule has 0 saturated heterocycles. The van der Waals surface area contributed by atoms with Gasteiger partial charge in [0.05, 0.1) is 10.0 Å². The quantitative estimate of drug-likeness (QED) is 0.734. The minimum atomic E-state index is -0.223. The van der Waals surface area contributed by atoms with Crippen molar-refractivity contribution in [3.8, 4) is 0 Å². The average Bonchev–Trinajstić information content (AvgIpc) is 2.46. The number of hydrogen-bond acceptors (Lipinski definition) is 1. The van der Waals surface area contributed by atoms with Gasteiger partial charge < -0.3 is 5.73 Å². The van der Waals surface area contributed by atoms with Gasteiger partial charge in [-0.3, -0.25) is 0 Å². The maximum absolute atomic E-state index is 6.56. The van der Waals surface area contributed by atoms with Crippen molar-refractivity contribution >= 4 is 23.2 Å². The van der Waals surface area contributed by atoms with E-state index in [2.05, 4.69) is 6.92 Å². The van der Waals surface area contributed by atoms with E-state index in [1.54, 1.807) is 0 Å². The maximum atomic E-state index is 6.56. The first-order chi connectivity index (χ1) is 8.01. The first-order valence-electron chi connectivity index (χ1n) is 6.26. The highest BCUT2D eigenvalue weighted by molar-refractivity contribution is 6.42. The van der Waals surface area contributed by atoms with Gasteiger partial charge in [0.15, 0.2) is 0 Å². The van der Waals surface area contributed by atoms with E-state index in [9.17, 15) is 0 Å². The molecule has 1 aliphatic carbocycles. The Balaban J connectivity index is 2.27. The number of halogens is 2. The number of hydrogen-bond donors (Lipinski definition) is 1. The van der Waals surface area contributed by atoms with E-state index < -0.39 is 0 Å². The summed E-state index contributed by atoms with van der Waals surface area (Å²) >= 11 is 12.0. The van der Waals surface area contributed by atoms with Crippen molar-refractivity contribution in [2.24, 2.45) is 11.7 Å². The summed E-state index contributed by atoms with van der Waals surface area (Å²) in [5.74, 6) is 0.781. The van der Waals surface area contributed by atoms with E-state index in [0.717, 1.165) is 24.3 Å². The van der Waals surface area contributed by atoms with Crippen molar-refractivity contribution in [1.82, 2.24) is 0 Å². The molecule has 3 heteroatoms. The van der Waals surface area contributed by atoms with Gasteiger partial charge in [-0.2, -0.15) is 0 Å². The molecule has 1 nitrogen and oxygen atoms in total. The van der Waals surface area contributed by atoms with Crippen LogP contribution in [0, 0.1) is 5.92 Å². The molecule has 1 aliphatic rings. The summed E-state index contributed by atoms with van der Waals surface area (Å²) in [5.41, 5.74) is 7.46. The molecule has 2 atom stereocenters. The second-order valence-corrected chi connectivity index (χ2v) is 6.14. The van der Waals surface area contributed by atoms with Crippen LogP contribution in [0.4, 0.5) is 0 Å². The van der Waals surface area contributed by atoms with E-state index in [0.29, 0.717) is 10.0 Å². The van der Waals surface area contributed by atoms with Crippen molar-refractivity contribution in [1.29, 1.82) is 0 Å². The number of rotatable bonds is 1. The number of nitrogens with two attached hydrogens (primary N) is 1. The summed E-state index contributed by atoms with van der Waals surface area (Å²) in [5, 5.41) is 1.20. The molecule has 0 spiro atoms. The Morgan fingerprint density at radius 3 is 2.65 bits per heavy atom. The van der Waals surface area contributed by atoms with Crippen LogP contribution in [0.2, 0.25) is 10.0 Å². The van der Waals surface area contributed by atoms with Crippen LogP contribution >= 0.6 is 23.2 Å². The fourth-order valence-corrected chi connectivity index (χ4v) is 2.93. The third-order valence-electron chi connectivity index (χ3n) is 3.90. The van der Waals surface area contributed by atoms with Gasteiger partial charge in [-0.1, -0.05) is 49.0 Å². The summed E-state index contributed by atoms with van der Waals surface area (Å²) in [6.45, 7) is 2.31. The van der Waals surface area contributed by atoms with Crippen LogP contribution in [0.3, 0.4) is 0 Å². The standard InChI is InChI=1S/C14H19Cl2N/c1-10-3-2-7-14(17,8-6-10)11-4-5-12(15)13(16)9-11/h4-5,9-10H,2-3,6-8,17H2,1H3. The molecule has 1 saturated carbocycles. The van der Waals surface area contributed by atoms with Crippen LogP contribution in [0.15, 0.2) is 18.2 Å². The second kappa shape index (κ2) is 5.17. The molecule has 0 aliphatic heterocycles. The molecule has 17 heavy (non-hydrogen) atoms. The fourth-order valence-electron chi connectivity index (χ4n) is 2.63. The molecule has 0 bridgehead atoms. The lowest BCUT2D eigenvalue weighted by Gasteiger charge is -2.29. The Hall–Kier alpha value is -0.240. The van der Waals surface area contributed by atoms with Crippen molar-refractivity contribution in [3.63, 3.8) is 0 Å². The summed E-state index contributed by atoms with van der Waals surface area (Å²) in [6, 6.07) is 5.80. The highest BCUT2D eigenvalue weighted by atomic mass is 35.5. The lowest BCUT2D eigenvalue weighted by atomic mass is 9.84. The summed E-state index contributed by atoms with van der Waals surface area (Å²) < 4.78 is 0. The molecule has 0 amide bonds. The van der Waals surface area contributed by atoms with Gasteiger partial charge in [0, 0.05) is 5.54 Å². The maximum Gasteiger partial charge on any atom is 0.0595 e. The predicted molar refractivity (Wildman–Crippen MR) is 74.6 cm³/mol. The van der Waals surface area contributed by atoms with Gasteiger partial charge in [0.1, 0.15) is 0 Å². The summed E-state index contributed by atoms with van der Waals surface area (Å²) in [6.07, 6.45) is 5.73. The van der Waals surface area contributed by atoms with Crippen molar-refractivity contribution in [2.75, 3.05) is 0 Å². The minimum absolute atomic E-state index is 0.223. The molecule has 0 aromatic heterocycles. The zero-order valence-corrected chi connectivity index (χ0v) is 11.7. The minimum Gasteiger partial charge on any atom is -0.321 e. The Labute approximate surface area is 113 Å². The highest BCUT2D eigenvalue weighted by Gasteiger charge is 2.30. The Kier molecular flexibility index (Phi) is 4.02. The molecule has 94 valence electrons. The smallest absolute Gasteiger partial charge is 0.0595 e. The van der Waals surface area contributed by atoms with E-state index >= 15 is 0 Å². The number of benzene rings is 1. The van der Waals surface area contributed by atoms with Gasteiger partial charge in [0.2, 0.25) is 0 Å². The molecule has 2 rings (SSSR count). The summed E-state index contributed by atoms with van der Waals surface area (Å²) in [4.78, 5) is 0. The van der Waals surface area contributed by atoms with Crippen LogP contribution < -0.4 is 5.73 Å². The summed E-state index contributed by atoms with van der Waals surface area (Å²) in [7, 11) is 0. The van der Waals surface area contributed by atoms with Gasteiger partial charge in [-0.15, -0.1) is 0 Å². The molecule has 0 radical (unpaired) electrons. The topological polar surface area (TPSA) is 26.0 Å². The zero-order valence-electron chi connectivity index (χ0n) is 10.2.